The number of rotatable bonds is 4. The number of anilines is 1. The van der Waals surface area contributed by atoms with Gasteiger partial charge < -0.3 is 15.9 Å². The van der Waals surface area contributed by atoms with Crippen LogP contribution in [0.2, 0.25) is 0 Å². The lowest BCUT2D eigenvalue weighted by atomic mass is 10.1. The summed E-state index contributed by atoms with van der Waals surface area (Å²) in [6, 6.07) is 8.13. The van der Waals surface area contributed by atoms with E-state index >= 15 is 0 Å². The summed E-state index contributed by atoms with van der Waals surface area (Å²) in [6.07, 6.45) is 0. The molecule has 11 nitrogen and oxygen atoms in total. The lowest BCUT2D eigenvalue weighted by molar-refractivity contribution is -0.384. The molecule has 0 fully saturated rings. The minimum Gasteiger partial charge on any atom is -0.506 e. The summed E-state index contributed by atoms with van der Waals surface area (Å²) in [5.74, 6) is -0.837. The number of aromatic hydroxyl groups is 2. The summed E-state index contributed by atoms with van der Waals surface area (Å²) in [4.78, 5) is 9.85. The van der Waals surface area contributed by atoms with Gasteiger partial charge in [0.2, 0.25) is 0 Å². The highest BCUT2D eigenvalue weighted by molar-refractivity contribution is 7.85. The van der Waals surface area contributed by atoms with E-state index in [0.29, 0.717) is 5.39 Å². The summed E-state index contributed by atoms with van der Waals surface area (Å²) in [7, 11) is -4.42. The van der Waals surface area contributed by atoms with Gasteiger partial charge in [-0.25, -0.2) is 0 Å². The molecule has 28 heavy (non-hydrogen) atoms. The standard InChI is InChI=1S/C16H12N4O7S/c17-12-6-9(20(23)24)7-13(16(12)22)18-19-15-11-3-2-10(28(25,26)27)5-8(11)1-4-14(15)21/h1-7,21-22H,17H2,(H,25,26,27). The third kappa shape index (κ3) is 3.54. The number of nitro groups is 1. The number of nitrogens with two attached hydrogens (primary N) is 1. The van der Waals surface area contributed by atoms with Gasteiger partial charge in [-0.2, -0.15) is 8.42 Å². The maximum absolute atomic E-state index is 11.3. The number of nitro benzene ring substituents is 1. The molecule has 0 aromatic heterocycles. The van der Waals surface area contributed by atoms with Crippen LogP contribution in [0.3, 0.4) is 0 Å². The molecule has 0 radical (unpaired) electrons. The molecule has 0 unspecified atom stereocenters. The van der Waals surface area contributed by atoms with Gasteiger partial charge >= 0.3 is 0 Å². The van der Waals surface area contributed by atoms with Crippen molar-refractivity contribution < 1.29 is 28.1 Å². The van der Waals surface area contributed by atoms with Crippen LogP contribution in [0.5, 0.6) is 11.5 Å². The van der Waals surface area contributed by atoms with Crippen LogP contribution in [-0.4, -0.2) is 28.1 Å². The maximum atomic E-state index is 11.3. The van der Waals surface area contributed by atoms with Gasteiger partial charge in [-0.1, -0.05) is 12.1 Å². The molecule has 0 aliphatic rings. The van der Waals surface area contributed by atoms with E-state index in [9.17, 15) is 28.7 Å². The third-order valence-electron chi connectivity index (χ3n) is 3.81. The van der Waals surface area contributed by atoms with E-state index in [4.69, 9.17) is 10.3 Å². The van der Waals surface area contributed by atoms with Crippen LogP contribution < -0.4 is 5.73 Å². The van der Waals surface area contributed by atoms with Crippen LogP contribution in [0.15, 0.2) is 57.6 Å². The van der Waals surface area contributed by atoms with Gasteiger partial charge in [0, 0.05) is 17.5 Å². The average molecular weight is 404 g/mol. The normalized spacial score (nSPS) is 11.9. The Hall–Kier alpha value is -3.77. The Labute approximate surface area is 157 Å². The highest BCUT2D eigenvalue weighted by atomic mass is 32.2. The number of hydrogen-bond donors (Lipinski definition) is 4. The molecule has 0 heterocycles. The number of phenols is 2. The smallest absolute Gasteiger partial charge is 0.294 e. The van der Waals surface area contributed by atoms with Crippen LogP contribution in [0.4, 0.5) is 22.7 Å². The Morgan fingerprint density at radius 2 is 1.75 bits per heavy atom. The molecule has 144 valence electrons. The van der Waals surface area contributed by atoms with Gasteiger partial charge in [-0.05, 0) is 23.6 Å². The molecule has 3 rings (SSSR count). The number of non-ortho nitro benzene ring substituents is 1. The second kappa shape index (κ2) is 6.75. The molecule has 3 aromatic carbocycles. The lowest BCUT2D eigenvalue weighted by Gasteiger charge is -2.06. The molecular weight excluding hydrogens is 392 g/mol. The summed E-state index contributed by atoms with van der Waals surface area (Å²) in [5.41, 5.74) is 4.46. The number of azo groups is 1. The van der Waals surface area contributed by atoms with Crippen molar-refractivity contribution in [1.82, 2.24) is 0 Å². The topological polar surface area (TPSA) is 189 Å². The largest absolute Gasteiger partial charge is 0.506 e. The first kappa shape index (κ1) is 19.0. The molecule has 12 heteroatoms. The molecule has 0 spiro atoms. The van der Waals surface area contributed by atoms with Gasteiger partial charge in [-0.15, -0.1) is 10.2 Å². The molecule has 0 aliphatic heterocycles. The molecule has 5 N–H and O–H groups in total. The molecule has 0 saturated carbocycles. The van der Waals surface area contributed by atoms with E-state index in [1.165, 1.54) is 24.3 Å². The van der Waals surface area contributed by atoms with Crippen LogP contribution in [0.25, 0.3) is 10.8 Å². The Morgan fingerprint density at radius 3 is 2.39 bits per heavy atom. The Morgan fingerprint density at radius 1 is 1.04 bits per heavy atom. The first-order valence-corrected chi connectivity index (χ1v) is 8.94. The van der Waals surface area contributed by atoms with Crippen molar-refractivity contribution in [3.05, 3.63) is 52.6 Å². The van der Waals surface area contributed by atoms with Crippen LogP contribution >= 0.6 is 0 Å². The first-order valence-electron chi connectivity index (χ1n) is 7.50. The molecule has 0 atom stereocenters. The Balaban J connectivity index is 2.15. The molecule has 0 aliphatic carbocycles. The maximum Gasteiger partial charge on any atom is 0.294 e. The van der Waals surface area contributed by atoms with Crippen molar-refractivity contribution in [3.63, 3.8) is 0 Å². The van der Waals surface area contributed by atoms with E-state index in [1.54, 1.807) is 0 Å². The second-order valence-electron chi connectivity index (χ2n) is 5.65. The van der Waals surface area contributed by atoms with Crippen LogP contribution in [0.1, 0.15) is 0 Å². The number of hydrogen-bond acceptors (Lipinski definition) is 9. The van der Waals surface area contributed by atoms with Crippen molar-refractivity contribution in [1.29, 1.82) is 0 Å². The van der Waals surface area contributed by atoms with Gasteiger partial charge in [0.25, 0.3) is 15.8 Å². The zero-order chi connectivity index (χ0) is 20.6. The zero-order valence-corrected chi connectivity index (χ0v) is 14.7. The van der Waals surface area contributed by atoms with Gasteiger partial charge in [-0.3, -0.25) is 14.7 Å². The number of phenolic OH excluding ortho intramolecular Hbond substituents is 2. The summed E-state index contributed by atoms with van der Waals surface area (Å²) in [6.45, 7) is 0. The van der Waals surface area contributed by atoms with Crippen LogP contribution in [0, 0.1) is 10.1 Å². The SMILES string of the molecule is Nc1cc([N+](=O)[O-])cc(N=Nc2c(O)ccc3cc(S(=O)(=O)O)ccc23)c1O. The van der Waals surface area contributed by atoms with E-state index in [-0.39, 0.29) is 33.1 Å². The molecule has 0 amide bonds. The Kier molecular flexibility index (Phi) is 4.58. The lowest BCUT2D eigenvalue weighted by Crippen LogP contribution is -1.97. The summed E-state index contributed by atoms with van der Waals surface area (Å²) in [5, 5.41) is 39.1. The predicted molar refractivity (Wildman–Crippen MR) is 98.8 cm³/mol. The summed E-state index contributed by atoms with van der Waals surface area (Å²) >= 11 is 0. The minimum atomic E-state index is -4.42. The van der Waals surface area contributed by atoms with Crippen molar-refractivity contribution >= 4 is 43.6 Å². The fraction of sp³-hybridized carbons (Fsp3) is 0. The number of nitrogens with zero attached hydrogens (tertiary/aromatic N) is 3. The molecular formula is C16H12N4O7S. The summed E-state index contributed by atoms with van der Waals surface area (Å²) < 4.78 is 31.7. The van der Waals surface area contributed by atoms with E-state index < -0.39 is 26.5 Å². The fourth-order valence-electron chi connectivity index (χ4n) is 2.46. The quantitative estimate of drug-likeness (QED) is 0.127. The van der Waals surface area contributed by atoms with Crippen LogP contribution in [-0.2, 0) is 10.1 Å². The zero-order valence-electron chi connectivity index (χ0n) is 13.8. The van der Waals surface area contributed by atoms with E-state index in [0.717, 1.165) is 18.2 Å². The highest BCUT2D eigenvalue weighted by Gasteiger charge is 2.16. The van der Waals surface area contributed by atoms with Crippen molar-refractivity contribution in [2.24, 2.45) is 10.2 Å². The van der Waals surface area contributed by atoms with Gasteiger partial charge in [0.15, 0.2) is 5.75 Å². The Bertz CT molecular complexity index is 1260. The monoisotopic (exact) mass is 404 g/mol. The van der Waals surface area contributed by atoms with Gasteiger partial charge in [0.05, 0.1) is 15.5 Å². The second-order valence-corrected chi connectivity index (χ2v) is 7.07. The van der Waals surface area contributed by atoms with Crippen molar-refractivity contribution in [2.45, 2.75) is 4.90 Å². The third-order valence-corrected chi connectivity index (χ3v) is 4.66. The molecule has 0 bridgehead atoms. The first-order chi connectivity index (χ1) is 13.1. The van der Waals surface area contributed by atoms with Crippen molar-refractivity contribution in [2.75, 3.05) is 5.73 Å². The number of fused-ring (bicyclic) bond motifs is 1. The predicted octanol–water partition coefficient (Wildman–Crippen LogP) is 3.40. The van der Waals surface area contributed by atoms with Crippen molar-refractivity contribution in [3.8, 4) is 11.5 Å². The van der Waals surface area contributed by atoms with Gasteiger partial charge in [0.1, 0.15) is 17.1 Å². The van der Waals surface area contributed by atoms with E-state index in [1.807, 2.05) is 0 Å². The minimum absolute atomic E-state index is 0.0798. The highest BCUT2D eigenvalue weighted by Crippen LogP contribution is 2.40. The number of nitrogen functional groups attached to an aromatic ring is 1. The van der Waals surface area contributed by atoms with E-state index in [2.05, 4.69) is 10.2 Å². The average Bonchev–Trinajstić information content (AvgIpc) is 2.62. The number of benzene rings is 3. The molecule has 3 aromatic rings. The fourth-order valence-corrected chi connectivity index (χ4v) is 2.97. The molecule has 0 saturated heterocycles.